The third-order valence-corrected chi connectivity index (χ3v) is 2.35. The minimum atomic E-state index is 0.695. The molecule has 0 radical (unpaired) electrons. The molecular weight excluding hydrogens is 202 g/mol. The maximum absolute atomic E-state index is 5.46. The van der Waals surface area contributed by atoms with Gasteiger partial charge in [-0.1, -0.05) is 0 Å². The van der Waals surface area contributed by atoms with Crippen LogP contribution in [0.1, 0.15) is 11.5 Å². The molecule has 1 aromatic heterocycles. The predicted molar refractivity (Wildman–Crippen MR) is 63.8 cm³/mol. The van der Waals surface area contributed by atoms with Crippen LogP contribution in [0.15, 0.2) is 40.8 Å². The summed E-state index contributed by atoms with van der Waals surface area (Å²) in [7, 11) is 1.66. The Kier molecular flexibility index (Phi) is 3.15. The van der Waals surface area contributed by atoms with E-state index >= 15 is 0 Å². The number of nitrogens with one attached hydrogen (secondary N) is 1. The third-order valence-electron chi connectivity index (χ3n) is 2.35. The second kappa shape index (κ2) is 4.75. The molecule has 0 atom stereocenters. The largest absolute Gasteiger partial charge is 0.497 e. The average Bonchev–Trinajstić information content (AvgIpc) is 2.73. The minimum Gasteiger partial charge on any atom is -0.497 e. The normalized spacial score (nSPS) is 10.1. The van der Waals surface area contributed by atoms with Gasteiger partial charge in [0.05, 0.1) is 13.7 Å². The van der Waals surface area contributed by atoms with E-state index in [1.165, 1.54) is 0 Å². The van der Waals surface area contributed by atoms with Gasteiger partial charge in [-0.2, -0.15) is 0 Å². The van der Waals surface area contributed by atoms with Gasteiger partial charge in [-0.25, -0.2) is 0 Å². The quantitative estimate of drug-likeness (QED) is 0.853. The van der Waals surface area contributed by atoms with Gasteiger partial charge in [0.15, 0.2) is 0 Å². The van der Waals surface area contributed by atoms with Crippen molar-refractivity contribution in [3.8, 4) is 5.75 Å². The van der Waals surface area contributed by atoms with Crippen LogP contribution >= 0.6 is 0 Å². The molecule has 0 fully saturated rings. The van der Waals surface area contributed by atoms with Gasteiger partial charge in [0.25, 0.3) is 0 Å². The highest BCUT2D eigenvalue weighted by molar-refractivity contribution is 5.46. The molecule has 1 heterocycles. The molecule has 0 aliphatic heterocycles. The first kappa shape index (κ1) is 10.6. The molecule has 0 amide bonds. The van der Waals surface area contributed by atoms with E-state index in [0.717, 1.165) is 23.0 Å². The van der Waals surface area contributed by atoms with E-state index in [2.05, 4.69) is 5.32 Å². The van der Waals surface area contributed by atoms with Gasteiger partial charge in [-0.05, 0) is 43.3 Å². The van der Waals surface area contributed by atoms with E-state index in [4.69, 9.17) is 9.15 Å². The molecule has 0 saturated carbocycles. The molecule has 84 valence electrons. The lowest BCUT2D eigenvalue weighted by atomic mass is 10.3. The maximum atomic E-state index is 5.46. The summed E-state index contributed by atoms with van der Waals surface area (Å²) < 4.78 is 10.6. The first-order valence-corrected chi connectivity index (χ1v) is 5.21. The van der Waals surface area contributed by atoms with Crippen molar-refractivity contribution < 1.29 is 9.15 Å². The van der Waals surface area contributed by atoms with Gasteiger partial charge >= 0.3 is 0 Å². The summed E-state index contributed by atoms with van der Waals surface area (Å²) >= 11 is 0. The van der Waals surface area contributed by atoms with Gasteiger partial charge in [0, 0.05) is 5.69 Å². The topological polar surface area (TPSA) is 34.4 Å². The first-order valence-electron chi connectivity index (χ1n) is 5.21. The summed E-state index contributed by atoms with van der Waals surface area (Å²) in [6, 6.07) is 11.8. The second-order valence-corrected chi connectivity index (χ2v) is 3.59. The number of ether oxygens (including phenoxy) is 1. The Morgan fingerprint density at radius 3 is 2.44 bits per heavy atom. The predicted octanol–water partition coefficient (Wildman–Crippen LogP) is 3.21. The zero-order valence-electron chi connectivity index (χ0n) is 9.49. The molecule has 0 saturated heterocycles. The smallest absolute Gasteiger partial charge is 0.123 e. The molecule has 1 N–H and O–H groups in total. The molecule has 2 aromatic rings. The fourth-order valence-corrected chi connectivity index (χ4v) is 1.48. The summed E-state index contributed by atoms with van der Waals surface area (Å²) in [5.74, 6) is 2.74. The van der Waals surface area contributed by atoms with Crippen LogP contribution in [0.25, 0.3) is 0 Å². The third kappa shape index (κ3) is 2.57. The van der Waals surface area contributed by atoms with E-state index in [9.17, 15) is 0 Å². The second-order valence-electron chi connectivity index (χ2n) is 3.59. The lowest BCUT2D eigenvalue weighted by Crippen LogP contribution is -1.97. The zero-order valence-corrected chi connectivity index (χ0v) is 9.49. The van der Waals surface area contributed by atoms with E-state index in [0.29, 0.717) is 6.54 Å². The Morgan fingerprint density at radius 2 is 1.88 bits per heavy atom. The number of benzene rings is 1. The molecule has 3 heteroatoms. The highest BCUT2D eigenvalue weighted by Crippen LogP contribution is 2.16. The molecule has 0 unspecified atom stereocenters. The molecule has 2 rings (SSSR count). The number of methoxy groups -OCH3 is 1. The van der Waals surface area contributed by atoms with Crippen molar-refractivity contribution in [3.05, 3.63) is 47.9 Å². The van der Waals surface area contributed by atoms with Crippen LogP contribution in [0.2, 0.25) is 0 Å². The molecule has 0 spiro atoms. The van der Waals surface area contributed by atoms with Crippen molar-refractivity contribution in [1.29, 1.82) is 0 Å². The molecule has 1 aromatic carbocycles. The van der Waals surface area contributed by atoms with Crippen LogP contribution in [0.5, 0.6) is 5.75 Å². The molecular formula is C13H15NO2. The van der Waals surface area contributed by atoms with Crippen molar-refractivity contribution in [1.82, 2.24) is 0 Å². The van der Waals surface area contributed by atoms with E-state index < -0.39 is 0 Å². The van der Waals surface area contributed by atoms with Crippen LogP contribution in [0.3, 0.4) is 0 Å². The lowest BCUT2D eigenvalue weighted by Gasteiger charge is -2.05. The molecule has 16 heavy (non-hydrogen) atoms. The van der Waals surface area contributed by atoms with Crippen molar-refractivity contribution in [2.75, 3.05) is 12.4 Å². The Hall–Kier alpha value is -1.90. The number of aryl methyl sites for hydroxylation is 1. The highest BCUT2D eigenvalue weighted by Gasteiger charge is 1.98. The van der Waals surface area contributed by atoms with E-state index in [1.54, 1.807) is 7.11 Å². The molecule has 0 aliphatic carbocycles. The summed E-state index contributed by atoms with van der Waals surface area (Å²) in [5.41, 5.74) is 1.05. The van der Waals surface area contributed by atoms with Crippen LogP contribution < -0.4 is 10.1 Å². The summed E-state index contributed by atoms with van der Waals surface area (Å²) in [4.78, 5) is 0. The van der Waals surface area contributed by atoms with Gasteiger partial charge in [0.1, 0.15) is 17.3 Å². The van der Waals surface area contributed by atoms with Crippen molar-refractivity contribution >= 4 is 5.69 Å². The average molecular weight is 217 g/mol. The van der Waals surface area contributed by atoms with E-state index in [1.807, 2.05) is 43.3 Å². The fraction of sp³-hybridized carbons (Fsp3) is 0.231. The van der Waals surface area contributed by atoms with Gasteiger partial charge in [-0.3, -0.25) is 0 Å². The minimum absolute atomic E-state index is 0.695. The van der Waals surface area contributed by atoms with Crippen molar-refractivity contribution in [2.24, 2.45) is 0 Å². The van der Waals surface area contributed by atoms with Crippen molar-refractivity contribution in [2.45, 2.75) is 13.5 Å². The molecule has 0 aliphatic rings. The Bertz CT molecular complexity index is 445. The Morgan fingerprint density at radius 1 is 1.12 bits per heavy atom. The van der Waals surface area contributed by atoms with Crippen LogP contribution in [0.4, 0.5) is 5.69 Å². The first-order chi connectivity index (χ1) is 7.78. The van der Waals surface area contributed by atoms with Crippen LogP contribution in [-0.2, 0) is 6.54 Å². The summed E-state index contributed by atoms with van der Waals surface area (Å²) in [6.07, 6.45) is 0. The monoisotopic (exact) mass is 217 g/mol. The van der Waals surface area contributed by atoms with E-state index in [-0.39, 0.29) is 0 Å². The van der Waals surface area contributed by atoms with Gasteiger partial charge < -0.3 is 14.5 Å². The maximum Gasteiger partial charge on any atom is 0.123 e. The SMILES string of the molecule is COc1ccc(NCc2ccc(C)o2)cc1. The Labute approximate surface area is 95.0 Å². The van der Waals surface area contributed by atoms with Crippen molar-refractivity contribution in [3.63, 3.8) is 0 Å². The number of hydrogen-bond donors (Lipinski definition) is 1. The van der Waals surface area contributed by atoms with Gasteiger partial charge in [0.2, 0.25) is 0 Å². The lowest BCUT2D eigenvalue weighted by molar-refractivity contribution is 0.415. The van der Waals surface area contributed by atoms with Crippen LogP contribution in [-0.4, -0.2) is 7.11 Å². The highest BCUT2D eigenvalue weighted by atomic mass is 16.5. The zero-order chi connectivity index (χ0) is 11.4. The number of rotatable bonds is 4. The number of anilines is 1. The fourth-order valence-electron chi connectivity index (χ4n) is 1.48. The molecule has 0 bridgehead atoms. The van der Waals surface area contributed by atoms with Crippen LogP contribution in [0, 0.1) is 6.92 Å². The number of hydrogen-bond acceptors (Lipinski definition) is 3. The summed E-state index contributed by atoms with van der Waals surface area (Å²) in [6.45, 7) is 2.64. The standard InChI is InChI=1S/C13H15NO2/c1-10-3-6-13(16-10)9-14-11-4-7-12(15-2)8-5-11/h3-8,14H,9H2,1-2H3. The van der Waals surface area contributed by atoms with Gasteiger partial charge in [-0.15, -0.1) is 0 Å². The molecule has 3 nitrogen and oxygen atoms in total. The summed E-state index contributed by atoms with van der Waals surface area (Å²) in [5, 5.41) is 3.28. The number of furan rings is 1. The Balaban J connectivity index is 1.94.